The summed E-state index contributed by atoms with van der Waals surface area (Å²) in [4.78, 5) is 3.70. The SMILES string of the molecule is Cc1c(C#N)ncc(Br)c1C(F)F. The van der Waals surface area contributed by atoms with E-state index in [-0.39, 0.29) is 21.3 Å². The molecule has 5 heteroatoms. The van der Waals surface area contributed by atoms with Gasteiger partial charge in [0, 0.05) is 16.2 Å². The summed E-state index contributed by atoms with van der Waals surface area (Å²) in [5, 5.41) is 8.54. The van der Waals surface area contributed by atoms with Crippen molar-refractivity contribution in [3.05, 3.63) is 27.5 Å². The topological polar surface area (TPSA) is 36.7 Å². The number of rotatable bonds is 1. The molecule has 0 spiro atoms. The molecule has 0 fully saturated rings. The number of pyridine rings is 1. The molecule has 2 nitrogen and oxygen atoms in total. The summed E-state index contributed by atoms with van der Waals surface area (Å²) in [5.41, 5.74) is 0.108. The molecule has 1 aromatic heterocycles. The van der Waals surface area contributed by atoms with Crippen LogP contribution in [0.1, 0.15) is 23.2 Å². The third kappa shape index (κ3) is 1.83. The van der Waals surface area contributed by atoms with Crippen molar-refractivity contribution in [3.63, 3.8) is 0 Å². The average Bonchev–Trinajstić information content (AvgIpc) is 2.04. The number of hydrogen-bond donors (Lipinski definition) is 0. The van der Waals surface area contributed by atoms with E-state index in [0.717, 1.165) is 0 Å². The smallest absolute Gasteiger partial charge is 0.244 e. The van der Waals surface area contributed by atoms with Gasteiger partial charge in [-0.15, -0.1) is 0 Å². The summed E-state index contributed by atoms with van der Waals surface area (Å²) in [6, 6.07) is 1.75. The normalized spacial score (nSPS) is 10.2. The molecule has 0 amide bonds. The Morgan fingerprint density at radius 1 is 1.62 bits per heavy atom. The van der Waals surface area contributed by atoms with E-state index < -0.39 is 6.43 Å². The van der Waals surface area contributed by atoms with Crippen molar-refractivity contribution in [2.75, 3.05) is 0 Å². The Morgan fingerprint density at radius 3 is 2.69 bits per heavy atom. The average molecular weight is 247 g/mol. The van der Waals surface area contributed by atoms with E-state index in [1.807, 2.05) is 0 Å². The fraction of sp³-hybridized carbons (Fsp3) is 0.250. The van der Waals surface area contributed by atoms with E-state index in [4.69, 9.17) is 5.26 Å². The first-order valence-corrected chi connectivity index (χ1v) is 4.20. The second-order valence-corrected chi connectivity index (χ2v) is 3.26. The van der Waals surface area contributed by atoms with Crippen LogP contribution >= 0.6 is 15.9 Å². The van der Waals surface area contributed by atoms with E-state index in [9.17, 15) is 8.78 Å². The first kappa shape index (κ1) is 10.1. The minimum Gasteiger partial charge on any atom is -0.244 e. The van der Waals surface area contributed by atoms with Crippen molar-refractivity contribution < 1.29 is 8.78 Å². The van der Waals surface area contributed by atoms with Gasteiger partial charge in [0.15, 0.2) is 0 Å². The highest BCUT2D eigenvalue weighted by Crippen LogP contribution is 2.30. The molecule has 1 rings (SSSR count). The zero-order chi connectivity index (χ0) is 10.0. The molecule has 0 saturated carbocycles. The van der Waals surface area contributed by atoms with Crippen LogP contribution in [0.25, 0.3) is 0 Å². The predicted molar refractivity (Wildman–Crippen MR) is 46.3 cm³/mol. The van der Waals surface area contributed by atoms with Gasteiger partial charge in [-0.2, -0.15) is 5.26 Å². The zero-order valence-corrected chi connectivity index (χ0v) is 8.27. The van der Waals surface area contributed by atoms with Gasteiger partial charge >= 0.3 is 0 Å². The van der Waals surface area contributed by atoms with E-state index >= 15 is 0 Å². The van der Waals surface area contributed by atoms with Crippen molar-refractivity contribution in [1.29, 1.82) is 5.26 Å². The Labute approximate surface area is 82.3 Å². The van der Waals surface area contributed by atoms with Gasteiger partial charge in [-0.05, 0) is 28.4 Å². The molecule has 0 aliphatic heterocycles. The fourth-order valence-electron chi connectivity index (χ4n) is 0.975. The van der Waals surface area contributed by atoms with Gasteiger partial charge < -0.3 is 0 Å². The molecule has 1 aromatic rings. The minimum absolute atomic E-state index is 0.0403. The van der Waals surface area contributed by atoms with Crippen LogP contribution in [0.2, 0.25) is 0 Å². The zero-order valence-electron chi connectivity index (χ0n) is 6.68. The van der Waals surface area contributed by atoms with Crippen molar-refractivity contribution in [3.8, 4) is 6.07 Å². The molecule has 68 valence electrons. The van der Waals surface area contributed by atoms with Crippen LogP contribution < -0.4 is 0 Å². The van der Waals surface area contributed by atoms with E-state index in [1.54, 1.807) is 6.07 Å². The van der Waals surface area contributed by atoms with E-state index in [1.165, 1.54) is 13.1 Å². The van der Waals surface area contributed by atoms with Gasteiger partial charge in [0.05, 0.1) is 0 Å². The third-order valence-corrected chi connectivity index (χ3v) is 2.28. The second kappa shape index (κ2) is 3.79. The number of alkyl halides is 2. The molecular formula is C8H5BrF2N2. The maximum absolute atomic E-state index is 12.4. The third-order valence-electron chi connectivity index (χ3n) is 1.65. The lowest BCUT2D eigenvalue weighted by Crippen LogP contribution is -1.97. The Kier molecular flexibility index (Phi) is 2.94. The highest BCUT2D eigenvalue weighted by atomic mass is 79.9. The lowest BCUT2D eigenvalue weighted by molar-refractivity contribution is 0.149. The van der Waals surface area contributed by atoms with Crippen LogP contribution in [0.5, 0.6) is 0 Å². The predicted octanol–water partition coefficient (Wildman–Crippen LogP) is 2.96. The van der Waals surface area contributed by atoms with Gasteiger partial charge in [-0.3, -0.25) is 0 Å². The number of halogens is 3. The Balaban J connectivity index is 3.41. The highest BCUT2D eigenvalue weighted by Gasteiger charge is 2.17. The van der Waals surface area contributed by atoms with Crippen LogP contribution in [-0.4, -0.2) is 4.98 Å². The highest BCUT2D eigenvalue weighted by molar-refractivity contribution is 9.10. The number of hydrogen-bond acceptors (Lipinski definition) is 2. The molecule has 0 N–H and O–H groups in total. The maximum atomic E-state index is 12.4. The van der Waals surface area contributed by atoms with Crippen LogP contribution in [0.4, 0.5) is 8.78 Å². The van der Waals surface area contributed by atoms with E-state index in [2.05, 4.69) is 20.9 Å². The quantitative estimate of drug-likeness (QED) is 0.764. The Hall–Kier alpha value is -1.02. The van der Waals surface area contributed by atoms with Gasteiger partial charge in [0.1, 0.15) is 11.8 Å². The molecule has 0 aromatic carbocycles. The molecule has 0 unspecified atom stereocenters. The molecule has 0 bridgehead atoms. The molecule has 0 aliphatic rings. The minimum atomic E-state index is -2.59. The molecule has 0 aliphatic carbocycles. The first-order valence-electron chi connectivity index (χ1n) is 3.41. The lowest BCUT2D eigenvalue weighted by Gasteiger charge is -2.07. The monoisotopic (exact) mass is 246 g/mol. The summed E-state index contributed by atoms with van der Waals surface area (Å²) in [6.07, 6.45) is -1.38. The second-order valence-electron chi connectivity index (χ2n) is 2.41. The summed E-state index contributed by atoms with van der Waals surface area (Å²) < 4.78 is 25.1. The van der Waals surface area contributed by atoms with Gasteiger partial charge in [-0.25, -0.2) is 13.8 Å². The molecule has 1 heterocycles. The Bertz CT molecular complexity index is 371. The fourth-order valence-corrected chi connectivity index (χ4v) is 1.55. The summed E-state index contributed by atoms with van der Waals surface area (Å²) >= 11 is 2.96. The number of nitriles is 1. The van der Waals surface area contributed by atoms with Crippen LogP contribution in [0.15, 0.2) is 10.7 Å². The largest absolute Gasteiger partial charge is 0.265 e. The maximum Gasteiger partial charge on any atom is 0.265 e. The van der Waals surface area contributed by atoms with Crippen molar-refractivity contribution in [2.24, 2.45) is 0 Å². The summed E-state index contributed by atoms with van der Waals surface area (Å²) in [6.45, 7) is 1.46. The summed E-state index contributed by atoms with van der Waals surface area (Å²) in [7, 11) is 0. The standard InChI is InChI=1S/C8H5BrF2N2/c1-4-6(2-12)13-3-5(9)7(4)8(10)11/h3,8H,1H3. The molecule has 0 saturated heterocycles. The molecular weight excluding hydrogens is 242 g/mol. The van der Waals surface area contributed by atoms with Crippen molar-refractivity contribution in [2.45, 2.75) is 13.3 Å². The van der Waals surface area contributed by atoms with Crippen LogP contribution in [-0.2, 0) is 0 Å². The van der Waals surface area contributed by atoms with Gasteiger partial charge in [0.25, 0.3) is 6.43 Å². The molecule has 0 atom stereocenters. The van der Waals surface area contributed by atoms with Gasteiger partial charge in [0.2, 0.25) is 0 Å². The van der Waals surface area contributed by atoms with Crippen LogP contribution in [0.3, 0.4) is 0 Å². The molecule has 13 heavy (non-hydrogen) atoms. The van der Waals surface area contributed by atoms with E-state index in [0.29, 0.717) is 0 Å². The Morgan fingerprint density at radius 2 is 2.23 bits per heavy atom. The van der Waals surface area contributed by atoms with Crippen molar-refractivity contribution >= 4 is 15.9 Å². The summed E-state index contributed by atoms with van der Waals surface area (Å²) in [5.74, 6) is 0. The number of nitrogens with zero attached hydrogens (tertiary/aromatic N) is 2. The van der Waals surface area contributed by atoms with Crippen molar-refractivity contribution in [1.82, 2.24) is 4.98 Å². The molecule has 0 radical (unpaired) electrons. The number of aromatic nitrogens is 1. The van der Waals surface area contributed by atoms with Gasteiger partial charge in [-0.1, -0.05) is 0 Å². The van der Waals surface area contributed by atoms with Crippen LogP contribution in [0, 0.1) is 18.3 Å². The first-order chi connectivity index (χ1) is 6.07. The lowest BCUT2D eigenvalue weighted by atomic mass is 10.1.